The molecule has 3 aromatic rings. The van der Waals surface area contributed by atoms with Gasteiger partial charge in [-0.25, -0.2) is 4.98 Å². The zero-order valence-corrected chi connectivity index (χ0v) is 16.0. The molecular formula is C22H22ClN3O. The van der Waals surface area contributed by atoms with E-state index in [0.717, 1.165) is 58.7 Å². The van der Waals surface area contributed by atoms with Gasteiger partial charge in [0.2, 0.25) is 0 Å². The summed E-state index contributed by atoms with van der Waals surface area (Å²) >= 11 is 6.11. The molecule has 1 aromatic heterocycles. The number of piperidine rings is 1. The van der Waals surface area contributed by atoms with E-state index in [4.69, 9.17) is 11.6 Å². The van der Waals surface area contributed by atoms with Gasteiger partial charge in [0.05, 0.1) is 0 Å². The predicted molar refractivity (Wildman–Crippen MR) is 111 cm³/mol. The van der Waals surface area contributed by atoms with Gasteiger partial charge >= 0.3 is 0 Å². The molecule has 1 N–H and O–H groups in total. The number of halogens is 1. The van der Waals surface area contributed by atoms with Crippen molar-refractivity contribution >= 4 is 34.1 Å². The van der Waals surface area contributed by atoms with E-state index >= 15 is 0 Å². The maximum atomic E-state index is 12.5. The third-order valence-electron chi connectivity index (χ3n) is 5.12. The Bertz CT molecular complexity index is 980. The Morgan fingerprint density at radius 1 is 1.15 bits per heavy atom. The minimum atomic E-state index is 0.00933. The van der Waals surface area contributed by atoms with Gasteiger partial charge in [0.1, 0.15) is 5.82 Å². The lowest BCUT2D eigenvalue weighted by Gasteiger charge is -2.33. The minimum absolute atomic E-state index is 0.00933. The molecule has 5 heteroatoms. The molecule has 1 fully saturated rings. The van der Waals surface area contributed by atoms with Gasteiger partial charge in [-0.05, 0) is 61.5 Å². The topological polar surface area (TPSA) is 45.2 Å². The molecule has 0 saturated carbocycles. The molecular weight excluding hydrogens is 358 g/mol. The fourth-order valence-electron chi connectivity index (χ4n) is 3.68. The number of fused-ring (bicyclic) bond motifs is 1. The number of anilines is 1. The maximum Gasteiger partial charge on any atom is 0.251 e. The van der Waals surface area contributed by atoms with Gasteiger partial charge in [0.15, 0.2) is 0 Å². The van der Waals surface area contributed by atoms with Crippen LogP contribution in [0.15, 0.2) is 54.7 Å². The van der Waals surface area contributed by atoms with E-state index in [-0.39, 0.29) is 11.9 Å². The van der Waals surface area contributed by atoms with E-state index in [0.29, 0.717) is 0 Å². The van der Waals surface area contributed by atoms with Crippen LogP contribution in [-0.4, -0.2) is 30.0 Å². The first-order valence-electron chi connectivity index (χ1n) is 9.27. The Morgan fingerprint density at radius 2 is 1.96 bits per heavy atom. The summed E-state index contributed by atoms with van der Waals surface area (Å²) in [6.45, 7) is 3.74. The molecule has 1 aliphatic heterocycles. The zero-order valence-electron chi connectivity index (χ0n) is 15.3. The van der Waals surface area contributed by atoms with Gasteiger partial charge in [0.25, 0.3) is 5.91 Å². The van der Waals surface area contributed by atoms with E-state index in [1.807, 2.05) is 61.7 Å². The Morgan fingerprint density at radius 3 is 2.74 bits per heavy atom. The number of carbonyl (C=O) groups excluding carboxylic acids is 1. The highest BCUT2D eigenvalue weighted by Crippen LogP contribution is 2.28. The lowest BCUT2D eigenvalue weighted by atomic mass is 10.0. The SMILES string of the molecule is Cc1cccc(C(=O)NC2CCN(c3nccc4cc(Cl)ccc34)CC2)c1. The molecule has 4 rings (SSSR count). The fourth-order valence-corrected chi connectivity index (χ4v) is 3.86. The lowest BCUT2D eigenvalue weighted by molar-refractivity contribution is 0.0931. The van der Waals surface area contributed by atoms with Crippen molar-refractivity contribution in [2.75, 3.05) is 18.0 Å². The van der Waals surface area contributed by atoms with Crippen LogP contribution in [0.1, 0.15) is 28.8 Å². The molecule has 0 atom stereocenters. The molecule has 4 nitrogen and oxygen atoms in total. The average Bonchev–Trinajstić information content (AvgIpc) is 2.68. The minimum Gasteiger partial charge on any atom is -0.356 e. The fraction of sp³-hybridized carbons (Fsp3) is 0.273. The molecule has 0 aliphatic carbocycles. The quantitative estimate of drug-likeness (QED) is 0.723. The standard InChI is InChI=1S/C22H22ClN3O/c1-15-3-2-4-17(13-15)22(27)25-19-8-11-26(12-9-19)21-20-6-5-18(23)14-16(20)7-10-24-21/h2-7,10,13-14,19H,8-9,11-12H2,1H3,(H,25,27). The number of pyridine rings is 1. The normalized spacial score (nSPS) is 15.1. The van der Waals surface area contributed by atoms with Crippen LogP contribution in [0.2, 0.25) is 5.02 Å². The Labute approximate surface area is 164 Å². The van der Waals surface area contributed by atoms with Crippen molar-refractivity contribution in [1.82, 2.24) is 10.3 Å². The number of aryl methyl sites for hydroxylation is 1. The predicted octanol–water partition coefficient (Wildman–Crippen LogP) is 4.60. The zero-order chi connectivity index (χ0) is 18.8. The molecule has 2 heterocycles. The van der Waals surface area contributed by atoms with Crippen LogP contribution in [-0.2, 0) is 0 Å². The number of benzene rings is 2. The third-order valence-corrected chi connectivity index (χ3v) is 5.35. The van der Waals surface area contributed by atoms with Crippen molar-refractivity contribution in [2.45, 2.75) is 25.8 Å². The largest absolute Gasteiger partial charge is 0.356 e. The van der Waals surface area contributed by atoms with Crippen molar-refractivity contribution < 1.29 is 4.79 Å². The molecule has 1 amide bonds. The molecule has 0 spiro atoms. The van der Waals surface area contributed by atoms with Crippen LogP contribution in [0.4, 0.5) is 5.82 Å². The Kier molecular flexibility index (Phi) is 4.99. The van der Waals surface area contributed by atoms with Gasteiger partial charge in [-0.3, -0.25) is 4.79 Å². The summed E-state index contributed by atoms with van der Waals surface area (Å²) in [4.78, 5) is 19.4. The molecule has 1 saturated heterocycles. The summed E-state index contributed by atoms with van der Waals surface area (Å²) in [5.41, 5.74) is 1.82. The van der Waals surface area contributed by atoms with Crippen LogP contribution in [0.5, 0.6) is 0 Å². The number of aromatic nitrogens is 1. The van der Waals surface area contributed by atoms with E-state index in [2.05, 4.69) is 15.2 Å². The number of rotatable bonds is 3. The molecule has 0 radical (unpaired) electrons. The van der Waals surface area contributed by atoms with Gasteiger partial charge < -0.3 is 10.2 Å². The molecule has 0 bridgehead atoms. The summed E-state index contributed by atoms with van der Waals surface area (Å²) in [7, 11) is 0. The van der Waals surface area contributed by atoms with E-state index in [1.165, 1.54) is 0 Å². The summed E-state index contributed by atoms with van der Waals surface area (Å²) in [6, 6.07) is 15.8. The first kappa shape index (κ1) is 17.8. The van der Waals surface area contributed by atoms with E-state index in [1.54, 1.807) is 0 Å². The highest BCUT2D eigenvalue weighted by molar-refractivity contribution is 6.31. The number of nitrogens with zero attached hydrogens (tertiary/aromatic N) is 2. The third kappa shape index (κ3) is 3.91. The molecule has 2 aromatic carbocycles. The van der Waals surface area contributed by atoms with Crippen molar-refractivity contribution in [1.29, 1.82) is 0 Å². The van der Waals surface area contributed by atoms with Crippen molar-refractivity contribution in [3.63, 3.8) is 0 Å². The molecule has 138 valence electrons. The highest BCUT2D eigenvalue weighted by atomic mass is 35.5. The van der Waals surface area contributed by atoms with Gasteiger partial charge in [-0.2, -0.15) is 0 Å². The monoisotopic (exact) mass is 379 g/mol. The van der Waals surface area contributed by atoms with Crippen molar-refractivity contribution in [3.05, 3.63) is 70.9 Å². The summed E-state index contributed by atoms with van der Waals surface area (Å²) < 4.78 is 0. The van der Waals surface area contributed by atoms with E-state index in [9.17, 15) is 4.79 Å². The van der Waals surface area contributed by atoms with Gasteiger partial charge in [-0.15, -0.1) is 0 Å². The number of carbonyl (C=O) groups is 1. The van der Waals surface area contributed by atoms with Crippen LogP contribution in [0.25, 0.3) is 10.8 Å². The number of amides is 1. The Hall–Kier alpha value is -2.59. The maximum absolute atomic E-state index is 12.5. The van der Waals surface area contributed by atoms with Crippen LogP contribution < -0.4 is 10.2 Å². The highest BCUT2D eigenvalue weighted by Gasteiger charge is 2.23. The second-order valence-corrected chi connectivity index (χ2v) is 7.54. The smallest absolute Gasteiger partial charge is 0.251 e. The van der Waals surface area contributed by atoms with Gasteiger partial charge in [0, 0.05) is 41.3 Å². The first-order valence-corrected chi connectivity index (χ1v) is 9.65. The van der Waals surface area contributed by atoms with Crippen molar-refractivity contribution in [2.24, 2.45) is 0 Å². The summed E-state index contributed by atoms with van der Waals surface area (Å²) in [5.74, 6) is 1.00. The molecule has 0 unspecified atom stereocenters. The van der Waals surface area contributed by atoms with E-state index < -0.39 is 0 Å². The summed E-state index contributed by atoms with van der Waals surface area (Å²) in [5, 5.41) is 6.12. The van der Waals surface area contributed by atoms with Crippen LogP contribution >= 0.6 is 11.6 Å². The second-order valence-electron chi connectivity index (χ2n) is 7.10. The lowest BCUT2D eigenvalue weighted by Crippen LogP contribution is -2.45. The van der Waals surface area contributed by atoms with Gasteiger partial charge in [-0.1, -0.05) is 29.3 Å². The van der Waals surface area contributed by atoms with Crippen molar-refractivity contribution in [3.8, 4) is 0 Å². The van der Waals surface area contributed by atoms with Crippen LogP contribution in [0, 0.1) is 6.92 Å². The Balaban J connectivity index is 1.43. The number of hydrogen-bond acceptors (Lipinski definition) is 3. The molecule has 27 heavy (non-hydrogen) atoms. The number of hydrogen-bond donors (Lipinski definition) is 1. The number of nitrogens with one attached hydrogen (secondary N) is 1. The average molecular weight is 380 g/mol. The summed E-state index contributed by atoms with van der Waals surface area (Å²) in [6.07, 6.45) is 3.64. The second kappa shape index (κ2) is 7.57. The van der Waals surface area contributed by atoms with Crippen LogP contribution in [0.3, 0.4) is 0 Å². The molecule has 1 aliphatic rings. The first-order chi connectivity index (χ1) is 13.1.